The highest BCUT2D eigenvalue weighted by molar-refractivity contribution is 5.95. The summed E-state index contributed by atoms with van der Waals surface area (Å²) in [6, 6.07) is 11.7. The monoisotopic (exact) mass is 343 g/mol. The molecule has 3 amide bonds. The molecular weight excluding hydrogens is 325 g/mol. The summed E-state index contributed by atoms with van der Waals surface area (Å²) in [7, 11) is 0. The number of benzene rings is 2. The predicted molar refractivity (Wildman–Crippen MR) is 91.0 cm³/mol. The Morgan fingerprint density at radius 2 is 1.64 bits per heavy atom. The molecule has 0 unspecified atom stereocenters. The number of phenols is 1. The third-order valence-corrected chi connectivity index (χ3v) is 4.06. The third-order valence-electron chi connectivity index (χ3n) is 4.06. The van der Waals surface area contributed by atoms with Gasteiger partial charge >= 0.3 is 6.03 Å². The van der Waals surface area contributed by atoms with Gasteiger partial charge in [0.1, 0.15) is 11.6 Å². The fraction of sp³-hybridized carbons (Fsp3) is 0.222. The lowest BCUT2D eigenvalue weighted by Crippen LogP contribution is -2.51. The average Bonchev–Trinajstić information content (AvgIpc) is 2.63. The van der Waals surface area contributed by atoms with E-state index in [-0.39, 0.29) is 17.3 Å². The van der Waals surface area contributed by atoms with E-state index in [4.69, 9.17) is 0 Å². The molecule has 25 heavy (non-hydrogen) atoms. The Hall–Kier alpha value is -3.09. The van der Waals surface area contributed by atoms with Crippen LogP contribution in [-0.4, -0.2) is 53.0 Å². The molecule has 0 saturated carbocycles. The van der Waals surface area contributed by atoms with E-state index in [2.05, 4.69) is 5.32 Å². The number of carbonyl (C=O) groups excluding carboxylic acids is 2. The zero-order valence-corrected chi connectivity index (χ0v) is 13.5. The van der Waals surface area contributed by atoms with Crippen molar-refractivity contribution in [2.75, 3.05) is 31.5 Å². The molecule has 2 aromatic carbocycles. The second-order valence-corrected chi connectivity index (χ2v) is 5.74. The number of phenolic OH excluding ortho intramolecular Hbond substituents is 1. The van der Waals surface area contributed by atoms with E-state index < -0.39 is 11.8 Å². The molecule has 1 heterocycles. The maximum Gasteiger partial charge on any atom is 0.322 e. The van der Waals surface area contributed by atoms with Crippen molar-refractivity contribution in [3.05, 3.63) is 59.9 Å². The van der Waals surface area contributed by atoms with E-state index in [0.717, 1.165) is 0 Å². The number of aromatic hydroxyl groups is 1. The third kappa shape index (κ3) is 3.88. The number of para-hydroxylation sites is 1. The van der Waals surface area contributed by atoms with E-state index in [1.165, 1.54) is 24.3 Å². The lowest BCUT2D eigenvalue weighted by molar-refractivity contribution is 0.0671. The van der Waals surface area contributed by atoms with Crippen molar-refractivity contribution in [3.8, 4) is 5.75 Å². The zero-order chi connectivity index (χ0) is 17.8. The van der Waals surface area contributed by atoms with Crippen molar-refractivity contribution in [3.63, 3.8) is 0 Å². The van der Waals surface area contributed by atoms with Gasteiger partial charge in [-0.25, -0.2) is 9.18 Å². The molecule has 1 saturated heterocycles. The highest BCUT2D eigenvalue weighted by atomic mass is 19.1. The summed E-state index contributed by atoms with van der Waals surface area (Å²) < 4.78 is 13.6. The van der Waals surface area contributed by atoms with Crippen LogP contribution in [0.5, 0.6) is 5.75 Å². The summed E-state index contributed by atoms with van der Waals surface area (Å²) in [5.74, 6) is -0.646. The molecule has 0 spiro atoms. The van der Waals surface area contributed by atoms with Gasteiger partial charge in [-0.05, 0) is 30.3 Å². The van der Waals surface area contributed by atoms with Gasteiger partial charge in [-0.3, -0.25) is 4.79 Å². The summed E-state index contributed by atoms with van der Waals surface area (Å²) in [5, 5.41) is 12.0. The van der Waals surface area contributed by atoms with Crippen LogP contribution in [0.25, 0.3) is 0 Å². The van der Waals surface area contributed by atoms with Crippen molar-refractivity contribution in [1.82, 2.24) is 9.80 Å². The lowest BCUT2D eigenvalue weighted by Gasteiger charge is -2.34. The van der Waals surface area contributed by atoms with Gasteiger partial charge in [0.25, 0.3) is 5.91 Å². The van der Waals surface area contributed by atoms with Crippen LogP contribution in [0.2, 0.25) is 0 Å². The number of halogens is 1. The smallest absolute Gasteiger partial charge is 0.322 e. The lowest BCUT2D eigenvalue weighted by atomic mass is 10.1. The second kappa shape index (κ2) is 7.21. The molecule has 0 aromatic heterocycles. The van der Waals surface area contributed by atoms with Gasteiger partial charge < -0.3 is 20.2 Å². The van der Waals surface area contributed by atoms with E-state index in [9.17, 15) is 19.1 Å². The molecule has 0 bridgehead atoms. The van der Waals surface area contributed by atoms with Crippen LogP contribution in [-0.2, 0) is 0 Å². The van der Waals surface area contributed by atoms with Gasteiger partial charge in [-0.15, -0.1) is 0 Å². The van der Waals surface area contributed by atoms with Gasteiger partial charge in [-0.2, -0.15) is 0 Å². The Morgan fingerprint density at radius 3 is 2.32 bits per heavy atom. The molecular formula is C18H18FN3O3. The molecule has 130 valence electrons. The molecule has 0 atom stereocenters. The van der Waals surface area contributed by atoms with E-state index in [0.29, 0.717) is 31.7 Å². The van der Waals surface area contributed by atoms with Crippen molar-refractivity contribution in [1.29, 1.82) is 0 Å². The van der Waals surface area contributed by atoms with E-state index in [1.807, 2.05) is 0 Å². The minimum atomic E-state index is -0.492. The highest BCUT2D eigenvalue weighted by Crippen LogP contribution is 2.16. The van der Waals surface area contributed by atoms with Gasteiger partial charge in [0.15, 0.2) is 0 Å². The van der Waals surface area contributed by atoms with Crippen LogP contribution in [0, 0.1) is 5.82 Å². The number of carbonyl (C=O) groups is 2. The first-order chi connectivity index (χ1) is 12.0. The van der Waals surface area contributed by atoms with Crippen molar-refractivity contribution in [2.45, 2.75) is 0 Å². The summed E-state index contributed by atoms with van der Waals surface area (Å²) in [4.78, 5) is 27.8. The molecule has 7 heteroatoms. The first kappa shape index (κ1) is 16.8. The van der Waals surface area contributed by atoms with E-state index in [1.54, 1.807) is 34.1 Å². The molecule has 1 fully saturated rings. The Bertz CT molecular complexity index is 789. The van der Waals surface area contributed by atoms with Crippen molar-refractivity contribution in [2.24, 2.45) is 0 Å². The van der Waals surface area contributed by atoms with Crippen LogP contribution >= 0.6 is 0 Å². The first-order valence-electron chi connectivity index (χ1n) is 7.93. The fourth-order valence-corrected chi connectivity index (χ4v) is 2.69. The zero-order valence-electron chi connectivity index (χ0n) is 13.5. The maximum atomic E-state index is 13.6. The molecule has 1 aliphatic heterocycles. The van der Waals surface area contributed by atoms with Gasteiger partial charge in [0, 0.05) is 31.7 Å². The van der Waals surface area contributed by atoms with Gasteiger partial charge in [-0.1, -0.05) is 18.2 Å². The molecule has 2 N–H and O–H groups in total. The molecule has 2 aromatic rings. The molecule has 6 nitrogen and oxygen atoms in total. The number of piperazine rings is 1. The minimum absolute atomic E-state index is 0.0359. The second-order valence-electron chi connectivity index (χ2n) is 5.74. The topological polar surface area (TPSA) is 72.9 Å². The minimum Gasteiger partial charge on any atom is -0.508 e. The molecule has 0 aliphatic carbocycles. The van der Waals surface area contributed by atoms with Gasteiger partial charge in [0.05, 0.1) is 5.69 Å². The Labute approximate surface area is 144 Å². The largest absolute Gasteiger partial charge is 0.508 e. The molecule has 3 rings (SSSR count). The quantitative estimate of drug-likeness (QED) is 0.880. The summed E-state index contributed by atoms with van der Waals surface area (Å²) in [6.45, 7) is 1.45. The number of anilines is 1. The number of nitrogens with zero attached hydrogens (tertiary/aromatic N) is 2. The number of hydrogen-bond acceptors (Lipinski definition) is 3. The number of nitrogens with one attached hydrogen (secondary N) is 1. The van der Waals surface area contributed by atoms with E-state index >= 15 is 0 Å². The normalized spacial score (nSPS) is 14.3. The van der Waals surface area contributed by atoms with Crippen molar-refractivity contribution >= 4 is 17.6 Å². The van der Waals surface area contributed by atoms with Crippen molar-refractivity contribution < 1.29 is 19.1 Å². The van der Waals surface area contributed by atoms with Crippen LogP contribution in [0.15, 0.2) is 48.5 Å². The Kier molecular flexibility index (Phi) is 4.83. The number of hydrogen-bond donors (Lipinski definition) is 2. The predicted octanol–water partition coefficient (Wildman–Crippen LogP) is 2.52. The Morgan fingerprint density at radius 1 is 0.960 bits per heavy atom. The highest BCUT2D eigenvalue weighted by Gasteiger charge is 2.25. The number of amides is 3. The molecule has 0 radical (unpaired) electrons. The van der Waals surface area contributed by atoms with Crippen LogP contribution in [0.1, 0.15) is 10.4 Å². The van der Waals surface area contributed by atoms with Crippen LogP contribution in [0.3, 0.4) is 0 Å². The SMILES string of the molecule is O=C(Nc1ccccc1F)N1CCN(C(=O)c2cccc(O)c2)CC1. The molecule has 1 aliphatic rings. The average molecular weight is 343 g/mol. The summed E-state index contributed by atoms with van der Waals surface area (Å²) in [5.41, 5.74) is 0.537. The van der Waals surface area contributed by atoms with Gasteiger partial charge in [0.2, 0.25) is 0 Å². The summed E-state index contributed by atoms with van der Waals surface area (Å²) in [6.07, 6.45) is 0. The number of urea groups is 1. The summed E-state index contributed by atoms with van der Waals surface area (Å²) >= 11 is 0. The standard InChI is InChI=1S/C18H18FN3O3/c19-15-6-1-2-7-16(15)20-18(25)22-10-8-21(9-11-22)17(24)13-4-3-5-14(23)12-13/h1-7,12,23H,8-11H2,(H,20,25). The van der Waals surface area contributed by atoms with Crippen LogP contribution < -0.4 is 5.32 Å². The maximum absolute atomic E-state index is 13.6. The number of rotatable bonds is 2. The first-order valence-corrected chi connectivity index (χ1v) is 7.93. The fourth-order valence-electron chi connectivity index (χ4n) is 2.69. The van der Waals surface area contributed by atoms with Crippen LogP contribution in [0.4, 0.5) is 14.9 Å². The Balaban J connectivity index is 1.57.